The third-order valence-electron chi connectivity index (χ3n) is 1.38. The van der Waals surface area contributed by atoms with Crippen molar-refractivity contribution in [3.05, 3.63) is 0 Å². The number of primary amides is 1. The highest BCUT2D eigenvalue weighted by atomic mass is 35.5. The average molecular weight is 202 g/mol. The number of piperazine rings is 1. The van der Waals surface area contributed by atoms with E-state index in [1.54, 1.807) is 0 Å². The minimum absolute atomic E-state index is 0. The van der Waals surface area contributed by atoms with Crippen molar-refractivity contribution in [1.82, 2.24) is 10.6 Å². The SMILES string of the molecule is Cl.Cl.NC(=O)[C@H]1CNCCN1. The Balaban J connectivity index is 0. The first-order valence-electron chi connectivity index (χ1n) is 3.04. The highest BCUT2D eigenvalue weighted by Crippen LogP contribution is 1.83. The lowest BCUT2D eigenvalue weighted by Gasteiger charge is -2.21. The fraction of sp³-hybridized carbons (Fsp3) is 0.800. The molecule has 0 aliphatic carbocycles. The molecule has 1 heterocycles. The standard InChI is InChI=1S/C5H11N3O.2ClH/c6-5(9)4-3-7-1-2-8-4;;/h4,7-8H,1-3H2,(H2,6,9);2*1H/t4-;;/m1../s1. The summed E-state index contributed by atoms with van der Waals surface area (Å²) >= 11 is 0. The molecular weight excluding hydrogens is 189 g/mol. The van der Waals surface area contributed by atoms with E-state index < -0.39 is 0 Å². The molecular formula is C5H13Cl2N3O. The van der Waals surface area contributed by atoms with Gasteiger partial charge in [-0.15, -0.1) is 24.8 Å². The second-order valence-corrected chi connectivity index (χ2v) is 2.11. The van der Waals surface area contributed by atoms with Gasteiger partial charge in [0, 0.05) is 19.6 Å². The highest BCUT2D eigenvalue weighted by molar-refractivity contribution is 5.85. The van der Waals surface area contributed by atoms with Crippen molar-refractivity contribution in [1.29, 1.82) is 0 Å². The van der Waals surface area contributed by atoms with E-state index in [1.165, 1.54) is 0 Å². The average Bonchev–Trinajstić information content (AvgIpc) is 1.90. The van der Waals surface area contributed by atoms with E-state index in [1.807, 2.05) is 0 Å². The van der Waals surface area contributed by atoms with Crippen LogP contribution in [0.15, 0.2) is 0 Å². The Labute approximate surface area is 78.1 Å². The van der Waals surface area contributed by atoms with E-state index >= 15 is 0 Å². The van der Waals surface area contributed by atoms with Gasteiger partial charge in [-0.1, -0.05) is 0 Å². The fourth-order valence-electron chi connectivity index (χ4n) is 0.855. The predicted molar refractivity (Wildman–Crippen MR) is 48.4 cm³/mol. The molecule has 11 heavy (non-hydrogen) atoms. The van der Waals surface area contributed by atoms with Gasteiger partial charge in [-0.25, -0.2) is 0 Å². The number of carbonyl (C=O) groups is 1. The number of carbonyl (C=O) groups excluding carboxylic acids is 1. The Morgan fingerprint density at radius 2 is 2.00 bits per heavy atom. The number of nitrogens with one attached hydrogen (secondary N) is 2. The van der Waals surface area contributed by atoms with Gasteiger partial charge >= 0.3 is 0 Å². The summed E-state index contributed by atoms with van der Waals surface area (Å²) in [6, 6.07) is -0.168. The first-order valence-corrected chi connectivity index (χ1v) is 3.04. The molecule has 0 aromatic heterocycles. The summed E-state index contributed by atoms with van der Waals surface area (Å²) in [6.45, 7) is 2.41. The molecule has 1 amide bonds. The minimum Gasteiger partial charge on any atom is -0.368 e. The molecule has 1 aliphatic heterocycles. The summed E-state index contributed by atoms with van der Waals surface area (Å²) in [5.41, 5.74) is 5.03. The lowest BCUT2D eigenvalue weighted by molar-refractivity contribution is -0.120. The first kappa shape index (κ1) is 13.6. The van der Waals surface area contributed by atoms with Crippen LogP contribution >= 0.6 is 24.8 Å². The molecule has 0 spiro atoms. The molecule has 1 aliphatic rings. The molecule has 4 N–H and O–H groups in total. The Morgan fingerprint density at radius 1 is 1.36 bits per heavy atom. The summed E-state index contributed by atoms with van der Waals surface area (Å²) in [7, 11) is 0. The zero-order chi connectivity index (χ0) is 6.69. The summed E-state index contributed by atoms with van der Waals surface area (Å²) in [5, 5.41) is 6.03. The van der Waals surface area contributed by atoms with Crippen molar-refractivity contribution in [3.63, 3.8) is 0 Å². The fourth-order valence-corrected chi connectivity index (χ4v) is 0.855. The van der Waals surface area contributed by atoms with Crippen LogP contribution in [0.25, 0.3) is 0 Å². The van der Waals surface area contributed by atoms with Crippen LogP contribution in [0.5, 0.6) is 0 Å². The molecule has 0 saturated carbocycles. The molecule has 0 aromatic rings. The summed E-state index contributed by atoms with van der Waals surface area (Å²) in [4.78, 5) is 10.5. The lowest BCUT2D eigenvalue weighted by Crippen LogP contribution is -2.54. The predicted octanol–water partition coefficient (Wildman–Crippen LogP) is -1.12. The second kappa shape index (κ2) is 6.67. The topological polar surface area (TPSA) is 67.2 Å². The van der Waals surface area contributed by atoms with Crippen molar-refractivity contribution < 1.29 is 4.79 Å². The first-order chi connectivity index (χ1) is 4.30. The third kappa shape index (κ3) is 4.42. The summed E-state index contributed by atoms with van der Waals surface area (Å²) in [6.07, 6.45) is 0. The van der Waals surface area contributed by atoms with Crippen LogP contribution in [-0.2, 0) is 4.79 Å². The molecule has 68 valence electrons. The Kier molecular flexibility index (Phi) is 8.21. The number of nitrogens with two attached hydrogens (primary N) is 1. The van der Waals surface area contributed by atoms with Gasteiger partial charge in [0.05, 0.1) is 6.04 Å². The molecule has 0 aromatic carbocycles. The highest BCUT2D eigenvalue weighted by Gasteiger charge is 2.16. The van der Waals surface area contributed by atoms with Gasteiger partial charge < -0.3 is 16.4 Å². The molecule has 1 saturated heterocycles. The van der Waals surface area contributed by atoms with Crippen molar-refractivity contribution in [3.8, 4) is 0 Å². The molecule has 6 heteroatoms. The van der Waals surface area contributed by atoms with E-state index in [2.05, 4.69) is 10.6 Å². The Bertz CT molecular complexity index is 116. The lowest BCUT2D eigenvalue weighted by atomic mass is 10.2. The van der Waals surface area contributed by atoms with E-state index in [0.29, 0.717) is 6.54 Å². The van der Waals surface area contributed by atoms with Gasteiger partial charge in [-0.2, -0.15) is 0 Å². The number of hydrogen-bond acceptors (Lipinski definition) is 3. The molecule has 4 nitrogen and oxygen atoms in total. The van der Waals surface area contributed by atoms with E-state index in [-0.39, 0.29) is 36.8 Å². The quantitative estimate of drug-likeness (QED) is 0.504. The van der Waals surface area contributed by atoms with Gasteiger partial charge in [-0.3, -0.25) is 4.79 Å². The number of hydrogen-bond donors (Lipinski definition) is 3. The molecule has 1 fully saturated rings. The summed E-state index contributed by atoms with van der Waals surface area (Å²) in [5.74, 6) is -0.276. The van der Waals surface area contributed by atoms with Crippen molar-refractivity contribution >= 4 is 30.7 Å². The van der Waals surface area contributed by atoms with Crippen LogP contribution in [-0.4, -0.2) is 31.6 Å². The number of rotatable bonds is 1. The van der Waals surface area contributed by atoms with Crippen LogP contribution in [0.2, 0.25) is 0 Å². The van der Waals surface area contributed by atoms with Gasteiger partial charge in [0.1, 0.15) is 0 Å². The number of halogens is 2. The molecule has 1 rings (SSSR count). The number of amides is 1. The molecule has 1 atom stereocenters. The normalized spacial score (nSPS) is 22.7. The Hall–Kier alpha value is -0.0300. The maximum Gasteiger partial charge on any atom is 0.235 e. The Morgan fingerprint density at radius 3 is 2.27 bits per heavy atom. The van der Waals surface area contributed by atoms with Gasteiger partial charge in [0.15, 0.2) is 0 Å². The van der Waals surface area contributed by atoms with Gasteiger partial charge in [0.25, 0.3) is 0 Å². The zero-order valence-electron chi connectivity index (χ0n) is 6.00. The molecule has 0 bridgehead atoms. The van der Waals surface area contributed by atoms with Crippen molar-refractivity contribution in [2.75, 3.05) is 19.6 Å². The molecule has 0 radical (unpaired) electrons. The minimum atomic E-state index is -0.276. The van der Waals surface area contributed by atoms with E-state index in [4.69, 9.17) is 5.73 Å². The largest absolute Gasteiger partial charge is 0.368 e. The van der Waals surface area contributed by atoms with Crippen LogP contribution in [0.1, 0.15) is 0 Å². The van der Waals surface area contributed by atoms with Crippen LogP contribution in [0.4, 0.5) is 0 Å². The maximum atomic E-state index is 10.5. The monoisotopic (exact) mass is 201 g/mol. The molecule has 0 unspecified atom stereocenters. The van der Waals surface area contributed by atoms with E-state index in [0.717, 1.165) is 13.1 Å². The van der Waals surface area contributed by atoms with Crippen molar-refractivity contribution in [2.45, 2.75) is 6.04 Å². The second-order valence-electron chi connectivity index (χ2n) is 2.11. The van der Waals surface area contributed by atoms with Crippen LogP contribution in [0.3, 0.4) is 0 Å². The van der Waals surface area contributed by atoms with Crippen LogP contribution in [0, 0.1) is 0 Å². The van der Waals surface area contributed by atoms with E-state index in [9.17, 15) is 4.79 Å². The van der Waals surface area contributed by atoms with Gasteiger partial charge in [0.2, 0.25) is 5.91 Å². The third-order valence-corrected chi connectivity index (χ3v) is 1.38. The smallest absolute Gasteiger partial charge is 0.235 e. The zero-order valence-corrected chi connectivity index (χ0v) is 7.63. The maximum absolute atomic E-state index is 10.5. The van der Waals surface area contributed by atoms with Gasteiger partial charge in [-0.05, 0) is 0 Å². The van der Waals surface area contributed by atoms with Crippen LogP contribution < -0.4 is 16.4 Å². The summed E-state index contributed by atoms with van der Waals surface area (Å²) < 4.78 is 0. The van der Waals surface area contributed by atoms with Crippen molar-refractivity contribution in [2.24, 2.45) is 5.73 Å².